The summed E-state index contributed by atoms with van der Waals surface area (Å²) in [5, 5.41) is 4.85. The van der Waals surface area contributed by atoms with Crippen LogP contribution in [0.5, 0.6) is 5.75 Å². The SMILES string of the molecule is COc1ccc(Cl)cc1-c1ccc(=O)n(CCN)n1. The first kappa shape index (κ1) is 13.6. The van der Waals surface area contributed by atoms with E-state index >= 15 is 0 Å². The van der Waals surface area contributed by atoms with E-state index < -0.39 is 0 Å². The molecule has 0 bridgehead atoms. The van der Waals surface area contributed by atoms with Crippen LogP contribution in [0.2, 0.25) is 5.02 Å². The van der Waals surface area contributed by atoms with Gasteiger partial charge in [-0.05, 0) is 24.3 Å². The van der Waals surface area contributed by atoms with Crippen molar-refractivity contribution in [3.8, 4) is 17.0 Å². The third-order valence-electron chi connectivity index (χ3n) is 2.65. The molecule has 0 unspecified atom stereocenters. The van der Waals surface area contributed by atoms with E-state index in [1.165, 1.54) is 10.7 Å². The Bertz CT molecular complexity index is 640. The van der Waals surface area contributed by atoms with Crippen molar-refractivity contribution in [2.75, 3.05) is 13.7 Å². The highest BCUT2D eigenvalue weighted by Gasteiger charge is 2.09. The lowest BCUT2D eigenvalue weighted by Gasteiger charge is -2.10. The van der Waals surface area contributed by atoms with Crippen molar-refractivity contribution in [1.29, 1.82) is 0 Å². The number of hydrogen-bond donors (Lipinski definition) is 1. The number of methoxy groups -OCH3 is 1. The topological polar surface area (TPSA) is 70.1 Å². The predicted octanol–water partition coefficient (Wildman–Crippen LogP) is 1.53. The van der Waals surface area contributed by atoms with Crippen LogP contribution in [-0.2, 0) is 6.54 Å². The number of rotatable bonds is 4. The standard InChI is InChI=1S/C13H14ClN3O2/c1-19-12-4-2-9(14)8-10(12)11-3-5-13(18)17(16-11)7-6-15/h2-5,8H,6-7,15H2,1H3. The molecule has 100 valence electrons. The predicted molar refractivity (Wildman–Crippen MR) is 74.5 cm³/mol. The van der Waals surface area contributed by atoms with Crippen LogP contribution in [0.25, 0.3) is 11.3 Å². The van der Waals surface area contributed by atoms with Crippen molar-refractivity contribution in [2.45, 2.75) is 6.54 Å². The molecule has 0 spiro atoms. The van der Waals surface area contributed by atoms with Gasteiger partial charge in [-0.3, -0.25) is 4.79 Å². The molecule has 0 aliphatic carbocycles. The molecule has 2 N–H and O–H groups in total. The summed E-state index contributed by atoms with van der Waals surface area (Å²) in [6.45, 7) is 0.721. The Morgan fingerprint density at radius 1 is 1.37 bits per heavy atom. The second-order valence-electron chi connectivity index (χ2n) is 3.91. The maximum Gasteiger partial charge on any atom is 0.266 e. The Hall–Kier alpha value is -1.85. The molecule has 1 aromatic heterocycles. The third-order valence-corrected chi connectivity index (χ3v) is 2.88. The first-order chi connectivity index (χ1) is 9.15. The van der Waals surface area contributed by atoms with Gasteiger partial charge in [0, 0.05) is 23.2 Å². The highest BCUT2D eigenvalue weighted by atomic mass is 35.5. The Kier molecular flexibility index (Phi) is 4.19. The number of nitrogens with two attached hydrogens (primary N) is 1. The summed E-state index contributed by atoms with van der Waals surface area (Å²) in [7, 11) is 1.57. The first-order valence-electron chi connectivity index (χ1n) is 5.78. The molecule has 0 aliphatic rings. The lowest BCUT2D eigenvalue weighted by Crippen LogP contribution is -2.25. The summed E-state index contributed by atoms with van der Waals surface area (Å²) < 4.78 is 6.60. The molecular formula is C13H14ClN3O2. The summed E-state index contributed by atoms with van der Waals surface area (Å²) in [5.74, 6) is 0.648. The van der Waals surface area contributed by atoms with Crippen LogP contribution in [0.4, 0.5) is 0 Å². The maximum absolute atomic E-state index is 11.6. The first-order valence-corrected chi connectivity index (χ1v) is 6.15. The van der Waals surface area contributed by atoms with Gasteiger partial charge < -0.3 is 10.5 Å². The Balaban J connectivity index is 2.55. The quantitative estimate of drug-likeness (QED) is 0.921. The van der Waals surface area contributed by atoms with Crippen LogP contribution in [0.1, 0.15) is 0 Å². The van der Waals surface area contributed by atoms with Gasteiger partial charge in [0.15, 0.2) is 0 Å². The van der Waals surface area contributed by atoms with Crippen LogP contribution in [0.15, 0.2) is 35.1 Å². The van der Waals surface area contributed by atoms with Gasteiger partial charge in [0.05, 0.1) is 19.3 Å². The van der Waals surface area contributed by atoms with E-state index in [1.54, 1.807) is 31.4 Å². The molecule has 2 rings (SSSR count). The number of aromatic nitrogens is 2. The smallest absolute Gasteiger partial charge is 0.266 e. The third kappa shape index (κ3) is 2.94. The number of ether oxygens (including phenoxy) is 1. The summed E-state index contributed by atoms with van der Waals surface area (Å²) in [6.07, 6.45) is 0. The zero-order valence-corrected chi connectivity index (χ0v) is 11.2. The van der Waals surface area contributed by atoms with Gasteiger partial charge >= 0.3 is 0 Å². The van der Waals surface area contributed by atoms with Gasteiger partial charge in [0.2, 0.25) is 0 Å². The number of halogens is 1. The molecule has 0 radical (unpaired) electrons. The van der Waals surface area contributed by atoms with Crippen molar-refractivity contribution < 1.29 is 4.74 Å². The minimum Gasteiger partial charge on any atom is -0.496 e. The van der Waals surface area contributed by atoms with Gasteiger partial charge in [-0.15, -0.1) is 0 Å². The van der Waals surface area contributed by atoms with Gasteiger partial charge in [0.1, 0.15) is 5.75 Å². The number of nitrogens with zero attached hydrogens (tertiary/aromatic N) is 2. The normalized spacial score (nSPS) is 10.5. The van der Waals surface area contributed by atoms with E-state index in [0.29, 0.717) is 29.6 Å². The van der Waals surface area contributed by atoms with E-state index in [0.717, 1.165) is 5.56 Å². The van der Waals surface area contributed by atoms with Crippen LogP contribution >= 0.6 is 11.6 Å². The Morgan fingerprint density at radius 3 is 2.84 bits per heavy atom. The fourth-order valence-electron chi connectivity index (χ4n) is 1.76. The second-order valence-corrected chi connectivity index (χ2v) is 4.35. The molecular weight excluding hydrogens is 266 g/mol. The molecule has 0 amide bonds. The van der Waals surface area contributed by atoms with Crippen molar-refractivity contribution in [3.05, 3.63) is 45.7 Å². The minimum atomic E-state index is -0.185. The molecule has 0 fully saturated rings. The highest BCUT2D eigenvalue weighted by Crippen LogP contribution is 2.30. The average Bonchev–Trinajstić information content (AvgIpc) is 2.41. The second kappa shape index (κ2) is 5.86. The molecule has 2 aromatic rings. The molecule has 5 nitrogen and oxygen atoms in total. The lowest BCUT2D eigenvalue weighted by atomic mass is 10.1. The highest BCUT2D eigenvalue weighted by molar-refractivity contribution is 6.30. The van der Waals surface area contributed by atoms with Crippen molar-refractivity contribution in [2.24, 2.45) is 5.73 Å². The van der Waals surface area contributed by atoms with Crippen molar-refractivity contribution in [3.63, 3.8) is 0 Å². The van der Waals surface area contributed by atoms with E-state index in [1.807, 2.05) is 0 Å². The van der Waals surface area contributed by atoms with Crippen molar-refractivity contribution in [1.82, 2.24) is 9.78 Å². The molecule has 1 heterocycles. The molecule has 0 saturated heterocycles. The summed E-state index contributed by atoms with van der Waals surface area (Å²) >= 11 is 5.98. The Labute approximate surface area is 115 Å². The number of hydrogen-bond acceptors (Lipinski definition) is 4. The largest absolute Gasteiger partial charge is 0.496 e. The van der Waals surface area contributed by atoms with Crippen LogP contribution in [0.3, 0.4) is 0 Å². The molecule has 19 heavy (non-hydrogen) atoms. The van der Waals surface area contributed by atoms with Gasteiger partial charge in [-0.25, -0.2) is 4.68 Å². The Morgan fingerprint density at radius 2 is 2.16 bits per heavy atom. The van der Waals surface area contributed by atoms with E-state index in [9.17, 15) is 4.79 Å². The zero-order chi connectivity index (χ0) is 13.8. The fourth-order valence-corrected chi connectivity index (χ4v) is 1.93. The van der Waals surface area contributed by atoms with E-state index in [-0.39, 0.29) is 5.56 Å². The lowest BCUT2D eigenvalue weighted by molar-refractivity contribution is 0.416. The fraction of sp³-hybridized carbons (Fsp3) is 0.231. The van der Waals surface area contributed by atoms with Crippen molar-refractivity contribution >= 4 is 11.6 Å². The van der Waals surface area contributed by atoms with Crippen LogP contribution < -0.4 is 16.0 Å². The summed E-state index contributed by atoms with van der Waals surface area (Å²) in [6, 6.07) is 8.35. The van der Waals surface area contributed by atoms with Gasteiger partial charge in [0.25, 0.3) is 5.56 Å². The molecule has 0 atom stereocenters. The molecule has 0 saturated carbocycles. The molecule has 6 heteroatoms. The monoisotopic (exact) mass is 279 g/mol. The summed E-state index contributed by atoms with van der Waals surface area (Å²) in [5.41, 5.74) is 6.62. The van der Waals surface area contributed by atoms with Gasteiger partial charge in [-0.2, -0.15) is 5.10 Å². The van der Waals surface area contributed by atoms with E-state index in [4.69, 9.17) is 22.1 Å². The van der Waals surface area contributed by atoms with Gasteiger partial charge in [-0.1, -0.05) is 11.6 Å². The zero-order valence-electron chi connectivity index (χ0n) is 10.5. The summed E-state index contributed by atoms with van der Waals surface area (Å²) in [4.78, 5) is 11.6. The van der Waals surface area contributed by atoms with Crippen LogP contribution in [-0.4, -0.2) is 23.4 Å². The maximum atomic E-state index is 11.6. The van der Waals surface area contributed by atoms with E-state index in [2.05, 4.69) is 5.10 Å². The number of benzene rings is 1. The van der Waals surface area contributed by atoms with Crippen LogP contribution in [0, 0.1) is 0 Å². The average molecular weight is 280 g/mol. The molecule has 1 aromatic carbocycles. The minimum absolute atomic E-state index is 0.185. The molecule has 0 aliphatic heterocycles.